The Kier molecular flexibility index (Phi) is 3.47. The Bertz CT molecular complexity index is 687. The topological polar surface area (TPSA) is 144 Å². The Hall–Kier alpha value is -3.16. The molecule has 8 heteroatoms. The Morgan fingerprint density at radius 2 is 1.85 bits per heavy atom. The van der Waals surface area contributed by atoms with Gasteiger partial charge in [-0.2, -0.15) is 0 Å². The molecule has 0 spiro atoms. The van der Waals surface area contributed by atoms with E-state index in [0.717, 1.165) is 6.20 Å². The Balaban J connectivity index is 2.48. The number of aromatic nitrogens is 2. The van der Waals surface area contributed by atoms with Crippen molar-refractivity contribution in [3.63, 3.8) is 0 Å². The zero-order chi connectivity index (χ0) is 14.7. The lowest BCUT2D eigenvalue weighted by atomic mass is 10.2. The number of amides is 2. The van der Waals surface area contributed by atoms with Gasteiger partial charge >= 0.3 is 0 Å². The molecule has 0 radical (unpaired) electrons. The number of phenolic OH excluding ortho intramolecular Hbond substituents is 1. The highest BCUT2D eigenvalue weighted by Crippen LogP contribution is 2.26. The molecule has 20 heavy (non-hydrogen) atoms. The van der Waals surface area contributed by atoms with Gasteiger partial charge in [-0.3, -0.25) is 9.59 Å². The van der Waals surface area contributed by atoms with Crippen LogP contribution in [-0.4, -0.2) is 26.9 Å². The molecular weight excluding hydrogens is 262 g/mol. The second-order valence-electron chi connectivity index (χ2n) is 3.82. The molecule has 0 aliphatic carbocycles. The fourth-order valence-corrected chi connectivity index (χ4v) is 1.48. The zero-order valence-electron chi connectivity index (χ0n) is 10.2. The van der Waals surface area contributed by atoms with Crippen molar-refractivity contribution in [3.8, 4) is 5.75 Å². The van der Waals surface area contributed by atoms with E-state index < -0.39 is 11.8 Å². The average Bonchev–Trinajstić information content (AvgIpc) is 2.41. The first-order chi connectivity index (χ1) is 9.49. The summed E-state index contributed by atoms with van der Waals surface area (Å²) in [5.74, 6) is -1.75. The average molecular weight is 273 g/mol. The first-order valence-corrected chi connectivity index (χ1v) is 5.50. The third-order valence-electron chi connectivity index (χ3n) is 2.42. The van der Waals surface area contributed by atoms with Gasteiger partial charge in [-0.25, -0.2) is 9.97 Å². The summed E-state index contributed by atoms with van der Waals surface area (Å²) < 4.78 is 0. The summed E-state index contributed by atoms with van der Waals surface area (Å²) >= 11 is 0. The third-order valence-corrected chi connectivity index (χ3v) is 2.42. The molecule has 0 fully saturated rings. The molecule has 2 rings (SSSR count). The number of benzene rings is 1. The number of carbonyl (C=O) groups excluding carboxylic acids is 2. The number of hydrogen-bond acceptors (Lipinski definition) is 6. The summed E-state index contributed by atoms with van der Waals surface area (Å²) in [6, 6.07) is 6.29. The van der Waals surface area contributed by atoms with Crippen LogP contribution in [0.15, 0.2) is 30.5 Å². The molecule has 2 aromatic rings. The summed E-state index contributed by atoms with van der Waals surface area (Å²) in [6.45, 7) is 0. The second kappa shape index (κ2) is 5.22. The lowest BCUT2D eigenvalue weighted by Gasteiger charge is -2.10. The number of rotatable bonds is 4. The number of nitrogens with one attached hydrogen (secondary N) is 1. The van der Waals surface area contributed by atoms with Gasteiger partial charge in [0.25, 0.3) is 11.8 Å². The van der Waals surface area contributed by atoms with E-state index in [0.29, 0.717) is 0 Å². The van der Waals surface area contributed by atoms with Gasteiger partial charge in [0.1, 0.15) is 11.4 Å². The van der Waals surface area contributed by atoms with Crippen LogP contribution < -0.4 is 16.8 Å². The standard InChI is InChI=1S/C12H11N5O3/c13-10(19)7-5-15-9(11(14)20)12(17-7)16-6-3-1-2-4-8(6)18/h1-5,18H,(H2,13,19)(H2,14,20)(H,16,17). The number of carbonyl (C=O) groups is 2. The van der Waals surface area contributed by atoms with E-state index in [1.807, 2.05) is 0 Å². The monoisotopic (exact) mass is 273 g/mol. The summed E-state index contributed by atoms with van der Waals surface area (Å²) in [4.78, 5) is 30.0. The molecule has 1 aromatic carbocycles. The van der Waals surface area contributed by atoms with Crippen molar-refractivity contribution in [2.75, 3.05) is 5.32 Å². The number of aromatic hydroxyl groups is 1. The molecule has 0 aliphatic rings. The number of nitrogens with zero attached hydrogens (tertiary/aromatic N) is 2. The molecule has 0 atom stereocenters. The van der Waals surface area contributed by atoms with Crippen molar-refractivity contribution >= 4 is 23.3 Å². The highest BCUT2D eigenvalue weighted by Gasteiger charge is 2.16. The van der Waals surface area contributed by atoms with Gasteiger partial charge in [0.2, 0.25) is 0 Å². The minimum Gasteiger partial charge on any atom is -0.506 e. The Labute approximate surface area is 113 Å². The Morgan fingerprint density at radius 3 is 2.45 bits per heavy atom. The van der Waals surface area contributed by atoms with Gasteiger partial charge in [0.15, 0.2) is 11.5 Å². The van der Waals surface area contributed by atoms with E-state index in [2.05, 4.69) is 15.3 Å². The van der Waals surface area contributed by atoms with Crippen LogP contribution in [0.3, 0.4) is 0 Å². The van der Waals surface area contributed by atoms with Crippen LogP contribution in [0.5, 0.6) is 5.75 Å². The highest BCUT2D eigenvalue weighted by molar-refractivity contribution is 5.98. The lowest BCUT2D eigenvalue weighted by Crippen LogP contribution is -2.20. The van der Waals surface area contributed by atoms with Crippen molar-refractivity contribution in [1.29, 1.82) is 0 Å². The first-order valence-electron chi connectivity index (χ1n) is 5.50. The summed E-state index contributed by atoms with van der Waals surface area (Å²) in [6.07, 6.45) is 1.05. The van der Waals surface area contributed by atoms with Gasteiger partial charge in [0, 0.05) is 0 Å². The summed E-state index contributed by atoms with van der Waals surface area (Å²) in [7, 11) is 0. The van der Waals surface area contributed by atoms with Gasteiger partial charge in [-0.05, 0) is 12.1 Å². The number of hydrogen-bond donors (Lipinski definition) is 4. The quantitative estimate of drug-likeness (QED) is 0.582. The van der Waals surface area contributed by atoms with Gasteiger partial charge in [-0.1, -0.05) is 12.1 Å². The van der Waals surface area contributed by atoms with Crippen molar-refractivity contribution in [2.24, 2.45) is 11.5 Å². The molecule has 0 aliphatic heterocycles. The number of phenols is 1. The maximum atomic E-state index is 11.3. The van der Waals surface area contributed by atoms with Crippen LogP contribution in [0.25, 0.3) is 0 Å². The second-order valence-corrected chi connectivity index (χ2v) is 3.82. The SMILES string of the molecule is NC(=O)c1cnc(C(N)=O)c(Nc2ccccc2O)n1. The van der Waals surface area contributed by atoms with E-state index in [-0.39, 0.29) is 28.6 Å². The normalized spacial score (nSPS) is 10.0. The maximum absolute atomic E-state index is 11.3. The molecule has 6 N–H and O–H groups in total. The molecule has 0 saturated carbocycles. The van der Waals surface area contributed by atoms with Crippen molar-refractivity contribution in [2.45, 2.75) is 0 Å². The zero-order valence-corrected chi connectivity index (χ0v) is 10.2. The predicted molar refractivity (Wildman–Crippen MR) is 70.5 cm³/mol. The molecule has 0 bridgehead atoms. The van der Waals surface area contributed by atoms with E-state index >= 15 is 0 Å². The molecule has 102 valence electrons. The number of para-hydroxylation sites is 2. The van der Waals surface area contributed by atoms with Crippen LogP contribution in [0.2, 0.25) is 0 Å². The van der Waals surface area contributed by atoms with Gasteiger partial charge < -0.3 is 21.9 Å². The highest BCUT2D eigenvalue weighted by atomic mass is 16.3. The molecular formula is C12H11N5O3. The minimum atomic E-state index is -0.827. The fourth-order valence-electron chi connectivity index (χ4n) is 1.48. The summed E-state index contributed by atoms with van der Waals surface area (Å²) in [5, 5.41) is 12.3. The van der Waals surface area contributed by atoms with E-state index in [9.17, 15) is 14.7 Å². The molecule has 8 nitrogen and oxygen atoms in total. The van der Waals surface area contributed by atoms with Crippen LogP contribution in [0, 0.1) is 0 Å². The smallest absolute Gasteiger partial charge is 0.271 e. The molecule has 0 unspecified atom stereocenters. The Morgan fingerprint density at radius 1 is 1.15 bits per heavy atom. The van der Waals surface area contributed by atoms with Crippen molar-refractivity contribution < 1.29 is 14.7 Å². The predicted octanol–water partition coefficient (Wildman–Crippen LogP) is 0.124. The largest absolute Gasteiger partial charge is 0.506 e. The van der Waals surface area contributed by atoms with Crippen molar-refractivity contribution in [3.05, 3.63) is 41.9 Å². The lowest BCUT2D eigenvalue weighted by molar-refractivity contribution is 0.0981. The van der Waals surface area contributed by atoms with E-state index in [4.69, 9.17) is 11.5 Å². The fraction of sp³-hybridized carbons (Fsp3) is 0. The van der Waals surface area contributed by atoms with Crippen LogP contribution in [0.1, 0.15) is 21.0 Å². The number of anilines is 2. The van der Waals surface area contributed by atoms with Crippen LogP contribution in [0.4, 0.5) is 11.5 Å². The molecule has 0 saturated heterocycles. The minimum absolute atomic E-state index is 0.0599. The third kappa shape index (κ3) is 2.64. The molecule has 1 heterocycles. The molecule has 1 aromatic heterocycles. The van der Waals surface area contributed by atoms with Gasteiger partial charge in [-0.15, -0.1) is 0 Å². The first kappa shape index (κ1) is 13.3. The van der Waals surface area contributed by atoms with Crippen LogP contribution in [-0.2, 0) is 0 Å². The van der Waals surface area contributed by atoms with E-state index in [1.54, 1.807) is 18.2 Å². The maximum Gasteiger partial charge on any atom is 0.271 e. The van der Waals surface area contributed by atoms with E-state index in [1.165, 1.54) is 6.07 Å². The summed E-state index contributed by atoms with van der Waals surface area (Å²) in [5.41, 5.74) is 10.3. The van der Waals surface area contributed by atoms with Gasteiger partial charge in [0.05, 0.1) is 11.9 Å². The van der Waals surface area contributed by atoms with Crippen LogP contribution >= 0.6 is 0 Å². The number of nitrogens with two attached hydrogens (primary N) is 2. The number of primary amides is 2. The molecule has 2 amide bonds. The van der Waals surface area contributed by atoms with Crippen molar-refractivity contribution in [1.82, 2.24) is 9.97 Å².